The molecule has 0 fully saturated rings. The number of rotatable bonds is 4. The molecule has 20 heavy (non-hydrogen) atoms. The Kier molecular flexibility index (Phi) is 4.63. The van der Waals surface area contributed by atoms with Gasteiger partial charge in [0.2, 0.25) is 0 Å². The maximum absolute atomic E-state index is 11.8. The van der Waals surface area contributed by atoms with Crippen molar-refractivity contribution in [3.05, 3.63) is 52.5 Å². The van der Waals surface area contributed by atoms with E-state index < -0.39 is 0 Å². The van der Waals surface area contributed by atoms with E-state index in [0.717, 1.165) is 10.0 Å². The normalized spacial score (nSPS) is 10.1. The van der Waals surface area contributed by atoms with E-state index >= 15 is 0 Å². The van der Waals surface area contributed by atoms with Crippen molar-refractivity contribution in [1.82, 2.24) is 0 Å². The molecule has 0 saturated carbocycles. The van der Waals surface area contributed by atoms with E-state index in [1.807, 2.05) is 31.2 Å². The standard InChI is InChI=1S/C15H15BrN2O2/c1-10-2-5-12(6-3-10)20-9-15(19)18-14-7-4-11(17)8-13(14)16/h2-8H,9,17H2,1H3,(H,18,19). The Balaban J connectivity index is 1.90. The summed E-state index contributed by atoms with van der Waals surface area (Å²) < 4.78 is 6.14. The summed E-state index contributed by atoms with van der Waals surface area (Å²) in [5.41, 5.74) is 8.08. The van der Waals surface area contributed by atoms with Crippen LogP contribution >= 0.6 is 15.9 Å². The van der Waals surface area contributed by atoms with Gasteiger partial charge in [-0.05, 0) is 53.2 Å². The second-order valence-corrected chi connectivity index (χ2v) is 5.24. The molecule has 2 aromatic rings. The lowest BCUT2D eigenvalue weighted by atomic mass is 10.2. The predicted molar refractivity (Wildman–Crippen MR) is 83.9 cm³/mol. The number of halogens is 1. The number of nitrogens with one attached hydrogen (secondary N) is 1. The Hall–Kier alpha value is -2.01. The van der Waals surface area contributed by atoms with Crippen LogP contribution in [0.4, 0.5) is 11.4 Å². The molecular weight excluding hydrogens is 320 g/mol. The number of carbonyl (C=O) groups excluding carboxylic acids is 1. The third kappa shape index (κ3) is 3.99. The van der Waals surface area contributed by atoms with Crippen molar-refractivity contribution in [2.24, 2.45) is 0 Å². The van der Waals surface area contributed by atoms with Crippen LogP contribution in [0.1, 0.15) is 5.56 Å². The number of nitrogens with two attached hydrogens (primary N) is 1. The number of carbonyl (C=O) groups is 1. The number of anilines is 2. The number of hydrogen-bond donors (Lipinski definition) is 2. The van der Waals surface area contributed by atoms with E-state index in [9.17, 15) is 4.79 Å². The zero-order valence-electron chi connectivity index (χ0n) is 11.0. The maximum Gasteiger partial charge on any atom is 0.262 e. The summed E-state index contributed by atoms with van der Waals surface area (Å²) in [6.45, 7) is 1.95. The first kappa shape index (κ1) is 14.4. The molecule has 2 rings (SSSR count). The summed E-state index contributed by atoms with van der Waals surface area (Å²) in [5, 5.41) is 2.75. The van der Waals surface area contributed by atoms with Crippen LogP contribution in [0, 0.1) is 6.92 Å². The quantitative estimate of drug-likeness (QED) is 0.842. The molecule has 2 aromatic carbocycles. The second-order valence-electron chi connectivity index (χ2n) is 4.39. The van der Waals surface area contributed by atoms with Crippen LogP contribution in [-0.2, 0) is 4.79 Å². The number of benzene rings is 2. The summed E-state index contributed by atoms with van der Waals surface area (Å²) in [4.78, 5) is 11.8. The van der Waals surface area contributed by atoms with Crippen molar-refractivity contribution >= 4 is 33.2 Å². The highest BCUT2D eigenvalue weighted by Gasteiger charge is 2.06. The first-order valence-corrected chi connectivity index (χ1v) is 6.88. The van der Waals surface area contributed by atoms with Crippen LogP contribution in [0.15, 0.2) is 46.9 Å². The largest absolute Gasteiger partial charge is 0.484 e. The average molecular weight is 335 g/mol. The van der Waals surface area contributed by atoms with Gasteiger partial charge in [-0.2, -0.15) is 0 Å². The van der Waals surface area contributed by atoms with Crippen molar-refractivity contribution in [2.45, 2.75) is 6.92 Å². The fourth-order valence-corrected chi connectivity index (χ4v) is 2.10. The first-order valence-electron chi connectivity index (χ1n) is 6.09. The van der Waals surface area contributed by atoms with Gasteiger partial charge in [-0.3, -0.25) is 4.79 Å². The van der Waals surface area contributed by atoms with Gasteiger partial charge in [-0.25, -0.2) is 0 Å². The zero-order valence-corrected chi connectivity index (χ0v) is 12.6. The van der Waals surface area contributed by atoms with Crippen LogP contribution in [0.2, 0.25) is 0 Å². The molecule has 0 aliphatic carbocycles. The predicted octanol–water partition coefficient (Wildman–Crippen LogP) is 3.36. The third-order valence-electron chi connectivity index (χ3n) is 2.66. The van der Waals surface area contributed by atoms with Crippen molar-refractivity contribution in [3.8, 4) is 5.75 Å². The van der Waals surface area contributed by atoms with Gasteiger partial charge in [-0.15, -0.1) is 0 Å². The molecule has 0 radical (unpaired) electrons. The Bertz CT molecular complexity index is 612. The molecule has 0 aliphatic heterocycles. The minimum absolute atomic E-state index is 0.0418. The van der Waals surface area contributed by atoms with E-state index in [0.29, 0.717) is 17.1 Å². The summed E-state index contributed by atoms with van der Waals surface area (Å²) in [6, 6.07) is 12.7. The highest BCUT2D eigenvalue weighted by Crippen LogP contribution is 2.24. The summed E-state index contributed by atoms with van der Waals surface area (Å²) in [6.07, 6.45) is 0. The fourth-order valence-electron chi connectivity index (χ4n) is 1.60. The summed E-state index contributed by atoms with van der Waals surface area (Å²) in [5.74, 6) is 0.443. The van der Waals surface area contributed by atoms with Gasteiger partial charge >= 0.3 is 0 Å². The second kappa shape index (κ2) is 6.43. The molecular formula is C15H15BrN2O2. The molecule has 3 N–H and O–H groups in total. The van der Waals surface area contributed by atoms with Crippen LogP contribution in [0.25, 0.3) is 0 Å². The van der Waals surface area contributed by atoms with E-state index in [-0.39, 0.29) is 12.5 Å². The minimum Gasteiger partial charge on any atom is -0.484 e. The Morgan fingerprint density at radius 1 is 1.25 bits per heavy atom. The lowest BCUT2D eigenvalue weighted by molar-refractivity contribution is -0.118. The smallest absolute Gasteiger partial charge is 0.262 e. The van der Waals surface area contributed by atoms with Gasteiger partial charge in [0.25, 0.3) is 5.91 Å². The SMILES string of the molecule is Cc1ccc(OCC(=O)Nc2ccc(N)cc2Br)cc1. The Morgan fingerprint density at radius 2 is 1.95 bits per heavy atom. The highest BCUT2D eigenvalue weighted by molar-refractivity contribution is 9.10. The topological polar surface area (TPSA) is 64.3 Å². The molecule has 0 aliphatic rings. The van der Waals surface area contributed by atoms with Gasteiger partial charge in [0.15, 0.2) is 6.61 Å². The van der Waals surface area contributed by atoms with Crippen LogP contribution in [0.5, 0.6) is 5.75 Å². The van der Waals surface area contributed by atoms with Gasteiger partial charge in [0.1, 0.15) is 5.75 Å². The van der Waals surface area contributed by atoms with E-state index in [1.54, 1.807) is 18.2 Å². The Morgan fingerprint density at radius 3 is 2.60 bits per heavy atom. The number of ether oxygens (including phenoxy) is 1. The van der Waals surface area contributed by atoms with Crippen molar-refractivity contribution in [2.75, 3.05) is 17.7 Å². The maximum atomic E-state index is 11.8. The summed E-state index contributed by atoms with van der Waals surface area (Å²) in [7, 11) is 0. The molecule has 0 atom stereocenters. The van der Waals surface area contributed by atoms with Crippen LogP contribution in [0.3, 0.4) is 0 Å². The molecule has 0 saturated heterocycles. The lowest BCUT2D eigenvalue weighted by Crippen LogP contribution is -2.20. The van der Waals surface area contributed by atoms with Gasteiger partial charge < -0.3 is 15.8 Å². The van der Waals surface area contributed by atoms with E-state index in [1.165, 1.54) is 0 Å². The van der Waals surface area contributed by atoms with Gasteiger partial charge in [-0.1, -0.05) is 17.7 Å². The first-order chi connectivity index (χ1) is 9.54. The molecule has 4 nitrogen and oxygen atoms in total. The van der Waals surface area contributed by atoms with Crippen LogP contribution in [-0.4, -0.2) is 12.5 Å². The number of amides is 1. The molecule has 0 heterocycles. The van der Waals surface area contributed by atoms with E-state index in [2.05, 4.69) is 21.2 Å². The highest BCUT2D eigenvalue weighted by atomic mass is 79.9. The number of aryl methyl sites for hydroxylation is 1. The number of nitrogen functional groups attached to an aromatic ring is 1. The number of hydrogen-bond acceptors (Lipinski definition) is 3. The molecule has 0 aromatic heterocycles. The van der Waals surface area contributed by atoms with Crippen molar-refractivity contribution in [3.63, 3.8) is 0 Å². The van der Waals surface area contributed by atoms with Gasteiger partial charge in [0.05, 0.1) is 5.69 Å². The zero-order chi connectivity index (χ0) is 14.5. The van der Waals surface area contributed by atoms with E-state index in [4.69, 9.17) is 10.5 Å². The van der Waals surface area contributed by atoms with Crippen LogP contribution < -0.4 is 15.8 Å². The average Bonchev–Trinajstić information content (AvgIpc) is 2.41. The molecule has 0 bridgehead atoms. The molecule has 104 valence electrons. The molecule has 5 heteroatoms. The fraction of sp³-hybridized carbons (Fsp3) is 0.133. The monoisotopic (exact) mass is 334 g/mol. The minimum atomic E-state index is -0.226. The Labute approximate surface area is 126 Å². The lowest BCUT2D eigenvalue weighted by Gasteiger charge is -2.09. The van der Waals surface area contributed by atoms with Gasteiger partial charge in [0, 0.05) is 10.2 Å². The summed E-state index contributed by atoms with van der Waals surface area (Å²) >= 11 is 3.34. The molecule has 1 amide bonds. The van der Waals surface area contributed by atoms with Crippen molar-refractivity contribution < 1.29 is 9.53 Å². The third-order valence-corrected chi connectivity index (χ3v) is 3.31. The molecule has 0 unspecified atom stereocenters. The van der Waals surface area contributed by atoms with Crippen molar-refractivity contribution in [1.29, 1.82) is 0 Å². The molecule has 0 spiro atoms.